The summed E-state index contributed by atoms with van der Waals surface area (Å²) >= 11 is 0. The van der Waals surface area contributed by atoms with Crippen molar-refractivity contribution >= 4 is 21.4 Å². The molecule has 4 nitrogen and oxygen atoms in total. The molecule has 1 unspecified atom stereocenters. The molecule has 0 bridgehead atoms. The molecule has 1 aliphatic heterocycles. The van der Waals surface area contributed by atoms with E-state index in [0.717, 1.165) is 17.4 Å². The maximum atomic E-state index is 13.7. The summed E-state index contributed by atoms with van der Waals surface area (Å²) in [6.45, 7) is 5.61. The van der Waals surface area contributed by atoms with Crippen LogP contribution < -0.4 is 0 Å². The van der Waals surface area contributed by atoms with Crippen molar-refractivity contribution in [2.24, 2.45) is 5.92 Å². The molecular weight excluding hydrogens is 367 g/mol. The first-order valence-electron chi connectivity index (χ1n) is 8.81. The molecule has 0 saturated carbocycles. The lowest BCUT2D eigenvalue weighted by molar-refractivity contribution is -0.143. The Morgan fingerprint density at radius 3 is 2.30 bits per heavy atom. The van der Waals surface area contributed by atoms with Crippen LogP contribution in [0.25, 0.3) is 5.57 Å². The summed E-state index contributed by atoms with van der Waals surface area (Å²) in [6, 6.07) is 6.45. The molecule has 1 fully saturated rings. The van der Waals surface area contributed by atoms with Crippen LogP contribution in [0.3, 0.4) is 0 Å². The zero-order chi connectivity index (χ0) is 20.0. The van der Waals surface area contributed by atoms with Crippen LogP contribution in [0.15, 0.2) is 58.3 Å². The molecule has 27 heavy (non-hydrogen) atoms. The summed E-state index contributed by atoms with van der Waals surface area (Å²) in [4.78, 5) is 12.8. The molecule has 1 aromatic carbocycles. The lowest BCUT2D eigenvalue weighted by Crippen LogP contribution is -2.17. The molecule has 0 amide bonds. The van der Waals surface area contributed by atoms with Crippen LogP contribution in [0.4, 0.5) is 4.39 Å². The number of cyclic esters (lactones) is 1. The summed E-state index contributed by atoms with van der Waals surface area (Å²) in [5, 5.41) is 0. The normalized spacial score (nSPS) is 24.2. The van der Waals surface area contributed by atoms with Crippen molar-refractivity contribution in [3.05, 3.63) is 59.0 Å². The summed E-state index contributed by atoms with van der Waals surface area (Å²) in [7, 11) is -3.32. The Kier molecular flexibility index (Phi) is 4.89. The third-order valence-corrected chi connectivity index (χ3v) is 5.98. The number of allylic oxidation sites excluding steroid dienone is 5. The Morgan fingerprint density at radius 2 is 1.81 bits per heavy atom. The highest BCUT2D eigenvalue weighted by Crippen LogP contribution is 2.42. The van der Waals surface area contributed by atoms with Gasteiger partial charge in [-0.3, -0.25) is 0 Å². The number of halogens is 1. The number of carbonyl (C=O) groups excluding carboxylic acids is 1. The van der Waals surface area contributed by atoms with Crippen LogP contribution in [-0.2, 0) is 19.4 Å². The smallest absolute Gasteiger partial charge is 0.335 e. The van der Waals surface area contributed by atoms with Crippen molar-refractivity contribution in [3.8, 4) is 0 Å². The van der Waals surface area contributed by atoms with Gasteiger partial charge < -0.3 is 4.74 Å². The monoisotopic (exact) mass is 390 g/mol. The molecule has 3 rings (SSSR count). The number of carbonyl (C=O) groups is 1. The maximum absolute atomic E-state index is 13.7. The van der Waals surface area contributed by atoms with Gasteiger partial charge in [0.25, 0.3) is 0 Å². The van der Waals surface area contributed by atoms with E-state index >= 15 is 0 Å². The topological polar surface area (TPSA) is 60.4 Å². The zero-order valence-corrected chi connectivity index (χ0v) is 16.7. The van der Waals surface area contributed by atoms with Gasteiger partial charge in [0, 0.05) is 24.7 Å². The first-order chi connectivity index (χ1) is 12.5. The molecule has 0 N–H and O–H groups in total. The second-order valence-corrected chi connectivity index (χ2v) is 9.83. The van der Waals surface area contributed by atoms with Gasteiger partial charge >= 0.3 is 5.97 Å². The van der Waals surface area contributed by atoms with E-state index in [4.69, 9.17) is 4.74 Å². The lowest BCUT2D eigenvalue weighted by atomic mass is 9.81. The highest BCUT2D eigenvalue weighted by molar-refractivity contribution is 7.90. The minimum absolute atomic E-state index is 0.108. The van der Waals surface area contributed by atoms with Gasteiger partial charge in [0.2, 0.25) is 0 Å². The van der Waals surface area contributed by atoms with Crippen molar-refractivity contribution < 1.29 is 22.3 Å². The van der Waals surface area contributed by atoms with Crippen LogP contribution in [-0.4, -0.2) is 26.2 Å². The number of hydrogen-bond acceptors (Lipinski definition) is 4. The second kappa shape index (κ2) is 6.75. The quantitative estimate of drug-likeness (QED) is 0.567. The predicted molar refractivity (Wildman–Crippen MR) is 102 cm³/mol. The third-order valence-electron chi connectivity index (χ3n) is 4.86. The predicted octanol–water partition coefficient (Wildman–Crippen LogP) is 4.39. The lowest BCUT2D eigenvalue weighted by Gasteiger charge is -2.23. The third kappa shape index (κ3) is 4.05. The molecule has 1 aromatic rings. The number of sulfone groups is 1. The largest absolute Gasteiger partial charge is 0.456 e. The number of hydrogen-bond donors (Lipinski definition) is 0. The molecule has 1 heterocycles. The van der Waals surface area contributed by atoms with E-state index in [0.29, 0.717) is 17.6 Å². The molecule has 2 aliphatic rings. The van der Waals surface area contributed by atoms with E-state index < -0.39 is 15.4 Å². The van der Waals surface area contributed by atoms with Crippen LogP contribution in [0.1, 0.15) is 39.2 Å². The van der Waals surface area contributed by atoms with Crippen molar-refractivity contribution in [1.82, 2.24) is 0 Å². The number of rotatable bonds is 3. The van der Waals surface area contributed by atoms with Gasteiger partial charge in [-0.2, -0.15) is 0 Å². The summed E-state index contributed by atoms with van der Waals surface area (Å²) in [6.07, 6.45) is 4.98. The maximum Gasteiger partial charge on any atom is 0.335 e. The fraction of sp³-hybridized carbons (Fsp3) is 0.381. The average molecular weight is 390 g/mol. The standard InChI is InChI=1S/C21H23FO4S/c1-13-11-15(22)7-10-17(13)19(18-12-21(2,3)26-20(18)23)14-5-8-16(9-6-14)27(4,24)25/h5-10,13H,11-12H2,1-4H3/b19-18-. The van der Waals surface area contributed by atoms with E-state index in [1.54, 1.807) is 18.2 Å². The minimum atomic E-state index is -3.32. The molecule has 0 spiro atoms. The fourth-order valence-corrected chi connectivity index (χ4v) is 4.20. The first-order valence-corrected chi connectivity index (χ1v) is 10.7. The van der Waals surface area contributed by atoms with Crippen molar-refractivity contribution in [2.45, 2.75) is 44.1 Å². The van der Waals surface area contributed by atoms with E-state index in [-0.39, 0.29) is 29.0 Å². The van der Waals surface area contributed by atoms with E-state index in [1.807, 2.05) is 20.8 Å². The van der Waals surface area contributed by atoms with Gasteiger partial charge in [-0.1, -0.05) is 25.1 Å². The Morgan fingerprint density at radius 1 is 1.19 bits per heavy atom. The first kappa shape index (κ1) is 19.5. The van der Waals surface area contributed by atoms with Crippen LogP contribution >= 0.6 is 0 Å². The Balaban J connectivity index is 2.19. The van der Waals surface area contributed by atoms with Gasteiger partial charge in [-0.25, -0.2) is 17.6 Å². The van der Waals surface area contributed by atoms with Gasteiger partial charge in [-0.05, 0) is 54.7 Å². The second-order valence-electron chi connectivity index (χ2n) is 7.82. The van der Waals surface area contributed by atoms with Crippen molar-refractivity contribution in [2.75, 3.05) is 6.26 Å². The van der Waals surface area contributed by atoms with Crippen LogP contribution in [0.5, 0.6) is 0 Å². The molecule has 0 radical (unpaired) electrons. The van der Waals surface area contributed by atoms with Crippen molar-refractivity contribution in [1.29, 1.82) is 0 Å². The number of benzene rings is 1. The number of esters is 1. The van der Waals surface area contributed by atoms with Crippen molar-refractivity contribution in [3.63, 3.8) is 0 Å². The summed E-state index contributed by atoms with van der Waals surface area (Å²) < 4.78 is 42.7. The SMILES string of the molecule is CC1CC(F)=CC=C1/C(=C1/CC(C)(C)OC1=O)c1ccc(S(C)(=O)=O)cc1. The van der Waals surface area contributed by atoms with E-state index in [1.165, 1.54) is 18.2 Å². The molecule has 1 atom stereocenters. The van der Waals surface area contributed by atoms with E-state index in [9.17, 15) is 17.6 Å². The fourth-order valence-electron chi connectivity index (χ4n) is 3.57. The van der Waals surface area contributed by atoms with Gasteiger partial charge in [0.1, 0.15) is 11.4 Å². The summed E-state index contributed by atoms with van der Waals surface area (Å²) in [5.41, 5.74) is 2.22. The van der Waals surface area contributed by atoms with Gasteiger partial charge in [0.05, 0.1) is 4.90 Å². The van der Waals surface area contributed by atoms with Gasteiger partial charge in [0.15, 0.2) is 9.84 Å². The zero-order valence-electron chi connectivity index (χ0n) is 15.9. The van der Waals surface area contributed by atoms with Gasteiger partial charge in [-0.15, -0.1) is 0 Å². The Labute approximate surface area is 159 Å². The Hall–Kier alpha value is -2.21. The summed E-state index contributed by atoms with van der Waals surface area (Å²) in [5.74, 6) is -0.689. The molecule has 1 saturated heterocycles. The number of ether oxygens (including phenoxy) is 1. The molecule has 6 heteroatoms. The highest BCUT2D eigenvalue weighted by Gasteiger charge is 2.39. The molecule has 144 valence electrons. The minimum Gasteiger partial charge on any atom is -0.456 e. The molecule has 0 aromatic heterocycles. The van der Waals surface area contributed by atoms with E-state index in [2.05, 4.69) is 0 Å². The highest BCUT2D eigenvalue weighted by atomic mass is 32.2. The average Bonchev–Trinajstić information content (AvgIpc) is 2.82. The molecule has 1 aliphatic carbocycles. The Bertz CT molecular complexity index is 980. The molecular formula is C21H23FO4S. The van der Waals surface area contributed by atoms with Crippen LogP contribution in [0.2, 0.25) is 0 Å². The van der Waals surface area contributed by atoms with Crippen LogP contribution in [0, 0.1) is 5.92 Å².